The monoisotopic (exact) mass is 429 g/mol. The van der Waals surface area contributed by atoms with Gasteiger partial charge in [-0.3, -0.25) is 4.79 Å². The van der Waals surface area contributed by atoms with Crippen molar-refractivity contribution < 1.29 is 18.8 Å². The third-order valence-electron chi connectivity index (χ3n) is 4.76. The van der Waals surface area contributed by atoms with Gasteiger partial charge in [0.2, 0.25) is 11.7 Å². The van der Waals surface area contributed by atoms with Gasteiger partial charge < -0.3 is 19.3 Å². The molecule has 0 fully saturated rings. The standard InChI is InChI=1S/C25H23N3O4/c1-17(19-12-14-21(15-13-19)31-20-8-4-3-5-9-20)26-25(29)22-10-6-7-11-23(22)30-16-24-27-18(2)32-28-24/h3-15,17H,16H2,1-2H3,(H,26,29). The third kappa shape index (κ3) is 5.31. The van der Waals surface area contributed by atoms with Crippen molar-refractivity contribution >= 4 is 5.91 Å². The minimum absolute atomic E-state index is 0.111. The van der Waals surface area contributed by atoms with Gasteiger partial charge in [0.05, 0.1) is 11.6 Å². The van der Waals surface area contributed by atoms with E-state index >= 15 is 0 Å². The number of aromatic nitrogens is 2. The highest BCUT2D eigenvalue weighted by atomic mass is 16.5. The Balaban J connectivity index is 1.39. The second kappa shape index (κ2) is 9.78. The number of aryl methyl sites for hydroxylation is 1. The second-order valence-electron chi connectivity index (χ2n) is 7.19. The van der Waals surface area contributed by atoms with Crippen LogP contribution in [0, 0.1) is 6.92 Å². The number of rotatable bonds is 8. The van der Waals surface area contributed by atoms with Gasteiger partial charge in [0.15, 0.2) is 6.61 Å². The first-order valence-electron chi connectivity index (χ1n) is 10.2. The third-order valence-corrected chi connectivity index (χ3v) is 4.76. The van der Waals surface area contributed by atoms with E-state index in [9.17, 15) is 4.79 Å². The van der Waals surface area contributed by atoms with Gasteiger partial charge >= 0.3 is 0 Å². The molecule has 4 rings (SSSR count). The molecule has 0 saturated heterocycles. The largest absolute Gasteiger partial charge is 0.485 e. The Kier molecular flexibility index (Phi) is 6.46. The molecular weight excluding hydrogens is 406 g/mol. The summed E-state index contributed by atoms with van der Waals surface area (Å²) in [7, 11) is 0. The van der Waals surface area contributed by atoms with Crippen molar-refractivity contribution in [1.29, 1.82) is 0 Å². The van der Waals surface area contributed by atoms with Crippen molar-refractivity contribution in [1.82, 2.24) is 15.5 Å². The summed E-state index contributed by atoms with van der Waals surface area (Å²) >= 11 is 0. The molecule has 1 unspecified atom stereocenters. The lowest BCUT2D eigenvalue weighted by Gasteiger charge is -2.16. The van der Waals surface area contributed by atoms with Gasteiger partial charge in [-0.05, 0) is 48.9 Å². The molecule has 4 aromatic rings. The van der Waals surface area contributed by atoms with Crippen LogP contribution in [0.4, 0.5) is 0 Å². The van der Waals surface area contributed by atoms with Crippen LogP contribution in [-0.2, 0) is 6.61 Å². The Bertz CT molecular complexity index is 1170. The average molecular weight is 429 g/mol. The van der Waals surface area contributed by atoms with E-state index in [0.717, 1.165) is 17.1 Å². The molecule has 0 spiro atoms. The van der Waals surface area contributed by atoms with E-state index < -0.39 is 0 Å². The summed E-state index contributed by atoms with van der Waals surface area (Å²) in [5, 5.41) is 6.82. The lowest BCUT2D eigenvalue weighted by atomic mass is 10.1. The van der Waals surface area contributed by atoms with Crippen molar-refractivity contribution in [2.24, 2.45) is 0 Å². The number of ether oxygens (including phenoxy) is 2. The molecule has 3 aromatic carbocycles. The summed E-state index contributed by atoms with van der Waals surface area (Å²) in [4.78, 5) is 17.0. The van der Waals surface area contributed by atoms with Gasteiger partial charge in [-0.1, -0.05) is 47.6 Å². The Hall–Kier alpha value is -4.13. The Morgan fingerprint density at radius 1 is 0.969 bits per heavy atom. The smallest absolute Gasteiger partial charge is 0.255 e. The first kappa shape index (κ1) is 21.1. The molecule has 1 aromatic heterocycles. The molecule has 1 N–H and O–H groups in total. The van der Waals surface area contributed by atoms with Crippen LogP contribution in [-0.4, -0.2) is 16.0 Å². The van der Waals surface area contributed by atoms with E-state index in [1.807, 2.05) is 67.6 Å². The number of nitrogens with one attached hydrogen (secondary N) is 1. The van der Waals surface area contributed by atoms with Crippen molar-refractivity contribution in [3.05, 3.63) is 102 Å². The Morgan fingerprint density at radius 3 is 2.38 bits per heavy atom. The molecule has 0 aliphatic carbocycles. The van der Waals surface area contributed by atoms with E-state index in [2.05, 4.69) is 15.5 Å². The summed E-state index contributed by atoms with van der Waals surface area (Å²) in [6, 6.07) is 24.1. The maximum absolute atomic E-state index is 12.9. The summed E-state index contributed by atoms with van der Waals surface area (Å²) < 4.78 is 16.5. The van der Waals surface area contributed by atoms with Crippen LogP contribution in [0.3, 0.4) is 0 Å². The summed E-state index contributed by atoms with van der Waals surface area (Å²) in [5.41, 5.74) is 1.39. The number of carbonyl (C=O) groups is 1. The quantitative estimate of drug-likeness (QED) is 0.412. The molecule has 32 heavy (non-hydrogen) atoms. The lowest BCUT2D eigenvalue weighted by Crippen LogP contribution is -2.27. The van der Waals surface area contributed by atoms with E-state index in [-0.39, 0.29) is 18.6 Å². The van der Waals surface area contributed by atoms with E-state index in [0.29, 0.717) is 23.0 Å². The normalized spacial score (nSPS) is 11.6. The fourth-order valence-corrected chi connectivity index (χ4v) is 3.13. The molecule has 0 bridgehead atoms. The molecule has 1 atom stereocenters. The van der Waals surface area contributed by atoms with Crippen LogP contribution in [0.25, 0.3) is 0 Å². The molecule has 0 aliphatic rings. The van der Waals surface area contributed by atoms with E-state index in [1.54, 1.807) is 25.1 Å². The van der Waals surface area contributed by atoms with Gasteiger partial charge in [0.25, 0.3) is 5.91 Å². The fourth-order valence-electron chi connectivity index (χ4n) is 3.13. The summed E-state index contributed by atoms with van der Waals surface area (Å²) in [5.74, 6) is 2.60. The topological polar surface area (TPSA) is 86.5 Å². The van der Waals surface area contributed by atoms with Crippen LogP contribution in [0.5, 0.6) is 17.2 Å². The number of para-hydroxylation sites is 2. The van der Waals surface area contributed by atoms with Crippen molar-refractivity contribution in [3.63, 3.8) is 0 Å². The molecule has 0 radical (unpaired) electrons. The van der Waals surface area contributed by atoms with Gasteiger partial charge in [0, 0.05) is 6.92 Å². The highest BCUT2D eigenvalue weighted by Crippen LogP contribution is 2.24. The molecule has 1 amide bonds. The minimum atomic E-state index is -0.234. The Morgan fingerprint density at radius 2 is 1.66 bits per heavy atom. The number of amides is 1. The zero-order chi connectivity index (χ0) is 22.3. The van der Waals surface area contributed by atoms with Crippen molar-refractivity contribution in [2.75, 3.05) is 0 Å². The van der Waals surface area contributed by atoms with Gasteiger partial charge in [-0.25, -0.2) is 0 Å². The average Bonchev–Trinajstić information content (AvgIpc) is 3.24. The summed E-state index contributed by atoms with van der Waals surface area (Å²) in [6.45, 7) is 3.75. The van der Waals surface area contributed by atoms with Crippen LogP contribution in [0.2, 0.25) is 0 Å². The molecule has 0 saturated carbocycles. The van der Waals surface area contributed by atoms with Crippen molar-refractivity contribution in [3.8, 4) is 17.2 Å². The zero-order valence-corrected chi connectivity index (χ0v) is 17.8. The zero-order valence-electron chi connectivity index (χ0n) is 17.8. The van der Waals surface area contributed by atoms with Crippen molar-refractivity contribution in [2.45, 2.75) is 26.5 Å². The number of nitrogens with zero attached hydrogens (tertiary/aromatic N) is 2. The molecule has 0 aliphatic heterocycles. The van der Waals surface area contributed by atoms with Crippen LogP contribution in [0.15, 0.2) is 83.4 Å². The fraction of sp³-hybridized carbons (Fsp3) is 0.160. The first-order valence-corrected chi connectivity index (χ1v) is 10.2. The van der Waals surface area contributed by atoms with Crippen LogP contribution < -0.4 is 14.8 Å². The molecule has 162 valence electrons. The van der Waals surface area contributed by atoms with Crippen LogP contribution in [0.1, 0.15) is 40.6 Å². The van der Waals surface area contributed by atoms with E-state index in [1.165, 1.54) is 0 Å². The maximum atomic E-state index is 12.9. The SMILES string of the molecule is Cc1nc(COc2ccccc2C(=O)NC(C)c2ccc(Oc3ccccc3)cc2)no1. The molecule has 1 heterocycles. The lowest BCUT2D eigenvalue weighted by molar-refractivity contribution is 0.0935. The maximum Gasteiger partial charge on any atom is 0.255 e. The van der Waals surface area contributed by atoms with Crippen LogP contribution >= 0.6 is 0 Å². The highest BCUT2D eigenvalue weighted by molar-refractivity contribution is 5.97. The highest BCUT2D eigenvalue weighted by Gasteiger charge is 2.16. The van der Waals surface area contributed by atoms with Gasteiger partial charge in [-0.15, -0.1) is 0 Å². The minimum Gasteiger partial charge on any atom is -0.485 e. The molecule has 7 nitrogen and oxygen atoms in total. The predicted octanol–water partition coefficient (Wildman–Crippen LogP) is 5.24. The summed E-state index contributed by atoms with van der Waals surface area (Å²) in [6.07, 6.45) is 0. The van der Waals surface area contributed by atoms with Gasteiger partial charge in [-0.2, -0.15) is 4.98 Å². The van der Waals surface area contributed by atoms with E-state index in [4.69, 9.17) is 14.0 Å². The predicted molar refractivity (Wildman–Crippen MR) is 119 cm³/mol. The number of hydrogen-bond acceptors (Lipinski definition) is 6. The molecular formula is C25H23N3O4. The Labute approximate surface area is 186 Å². The first-order chi connectivity index (χ1) is 15.6. The number of carbonyl (C=O) groups excluding carboxylic acids is 1. The number of hydrogen-bond donors (Lipinski definition) is 1. The number of benzene rings is 3. The van der Waals surface area contributed by atoms with Gasteiger partial charge in [0.1, 0.15) is 17.2 Å². The second-order valence-corrected chi connectivity index (χ2v) is 7.19. The molecule has 7 heteroatoms.